The highest BCUT2D eigenvalue weighted by Gasteiger charge is 2.25. The Balaban J connectivity index is 2.38. The lowest BCUT2D eigenvalue weighted by Gasteiger charge is -2.05. The van der Waals surface area contributed by atoms with Crippen molar-refractivity contribution < 1.29 is 19.4 Å². The first-order valence-corrected chi connectivity index (χ1v) is 5.53. The van der Waals surface area contributed by atoms with Crippen molar-refractivity contribution in [3.8, 4) is 11.5 Å². The van der Waals surface area contributed by atoms with Gasteiger partial charge in [-0.05, 0) is 18.2 Å². The monoisotopic (exact) mass is 251 g/mol. The number of benzene rings is 1. The molecule has 17 heavy (non-hydrogen) atoms. The SMILES string of the molecule is COc1cc(O)ccc1C=C1NC(=O)SC1=O. The summed E-state index contributed by atoms with van der Waals surface area (Å²) < 4.78 is 5.06. The van der Waals surface area contributed by atoms with E-state index in [4.69, 9.17) is 4.74 Å². The Bertz CT molecular complexity index is 524. The number of aromatic hydroxyl groups is 1. The zero-order valence-electron chi connectivity index (χ0n) is 8.89. The van der Waals surface area contributed by atoms with E-state index in [1.54, 1.807) is 6.07 Å². The standard InChI is InChI=1S/C11H9NO4S/c1-16-9-5-7(13)3-2-6(9)4-8-10(14)17-11(15)12-8/h2-5,13H,1H3,(H,12,15). The summed E-state index contributed by atoms with van der Waals surface area (Å²) in [6.07, 6.45) is 1.51. The molecule has 1 amide bonds. The van der Waals surface area contributed by atoms with E-state index in [0.717, 1.165) is 0 Å². The third-order valence-electron chi connectivity index (χ3n) is 2.16. The molecule has 0 saturated carbocycles. The predicted octanol–water partition coefficient (Wildman–Crippen LogP) is 1.72. The second-order valence-corrected chi connectivity index (χ2v) is 4.23. The Kier molecular flexibility index (Phi) is 3.06. The van der Waals surface area contributed by atoms with Crippen LogP contribution in [0.3, 0.4) is 0 Å². The van der Waals surface area contributed by atoms with Gasteiger partial charge in [0.1, 0.15) is 11.5 Å². The molecule has 2 rings (SSSR count). The zero-order chi connectivity index (χ0) is 12.4. The largest absolute Gasteiger partial charge is 0.508 e. The van der Waals surface area contributed by atoms with Crippen LogP contribution in [0.15, 0.2) is 23.9 Å². The molecule has 1 aromatic rings. The molecule has 1 aliphatic rings. The van der Waals surface area contributed by atoms with Crippen molar-refractivity contribution in [3.63, 3.8) is 0 Å². The molecule has 1 aromatic carbocycles. The van der Waals surface area contributed by atoms with E-state index in [9.17, 15) is 14.7 Å². The number of thioether (sulfide) groups is 1. The number of hydrogen-bond donors (Lipinski definition) is 2. The summed E-state index contributed by atoms with van der Waals surface area (Å²) in [5.74, 6) is 0.497. The van der Waals surface area contributed by atoms with Crippen molar-refractivity contribution in [1.82, 2.24) is 5.32 Å². The number of rotatable bonds is 2. The molecule has 1 fully saturated rings. The average Bonchev–Trinajstić information content (AvgIpc) is 2.60. The van der Waals surface area contributed by atoms with E-state index in [1.165, 1.54) is 25.3 Å². The summed E-state index contributed by atoms with van der Waals surface area (Å²) in [5, 5.41) is 11.0. The second-order valence-electron chi connectivity index (χ2n) is 3.29. The lowest BCUT2D eigenvalue weighted by atomic mass is 10.1. The minimum Gasteiger partial charge on any atom is -0.508 e. The minimum atomic E-state index is -0.390. The van der Waals surface area contributed by atoms with Gasteiger partial charge in [0.2, 0.25) is 5.12 Å². The first kappa shape index (κ1) is 11.5. The van der Waals surface area contributed by atoms with Gasteiger partial charge in [-0.25, -0.2) is 0 Å². The summed E-state index contributed by atoms with van der Waals surface area (Å²) in [5.41, 5.74) is 0.820. The molecule has 1 aliphatic heterocycles. The van der Waals surface area contributed by atoms with Crippen LogP contribution in [0.4, 0.5) is 4.79 Å². The first-order valence-electron chi connectivity index (χ1n) is 4.72. The van der Waals surface area contributed by atoms with Gasteiger partial charge in [0.05, 0.1) is 12.8 Å². The van der Waals surface area contributed by atoms with E-state index in [2.05, 4.69) is 5.32 Å². The predicted molar refractivity (Wildman–Crippen MR) is 63.8 cm³/mol. The Morgan fingerprint density at radius 3 is 2.76 bits per heavy atom. The molecule has 0 aromatic heterocycles. The molecule has 2 N–H and O–H groups in total. The number of phenolic OH excluding ortho intramolecular Hbond substituents is 1. The van der Waals surface area contributed by atoms with Crippen LogP contribution in [0.2, 0.25) is 0 Å². The lowest BCUT2D eigenvalue weighted by molar-refractivity contribution is -0.107. The number of carbonyl (C=O) groups excluding carboxylic acids is 2. The van der Waals surface area contributed by atoms with Crippen molar-refractivity contribution >= 4 is 28.2 Å². The van der Waals surface area contributed by atoms with Crippen molar-refractivity contribution in [2.45, 2.75) is 0 Å². The van der Waals surface area contributed by atoms with Gasteiger partial charge in [-0.1, -0.05) is 0 Å². The third kappa shape index (κ3) is 2.42. The van der Waals surface area contributed by atoms with Gasteiger partial charge < -0.3 is 15.2 Å². The number of nitrogens with one attached hydrogen (secondary N) is 1. The highest BCUT2D eigenvalue weighted by molar-refractivity contribution is 8.27. The quantitative estimate of drug-likeness (QED) is 0.783. The van der Waals surface area contributed by atoms with Crippen LogP contribution in [0, 0.1) is 0 Å². The average molecular weight is 251 g/mol. The molecule has 5 nitrogen and oxygen atoms in total. The molecule has 0 aliphatic carbocycles. The van der Waals surface area contributed by atoms with Crippen molar-refractivity contribution in [2.24, 2.45) is 0 Å². The van der Waals surface area contributed by atoms with E-state index in [0.29, 0.717) is 23.1 Å². The van der Waals surface area contributed by atoms with Crippen LogP contribution in [-0.4, -0.2) is 22.6 Å². The van der Waals surface area contributed by atoms with Crippen LogP contribution < -0.4 is 10.1 Å². The van der Waals surface area contributed by atoms with Gasteiger partial charge in [-0.15, -0.1) is 0 Å². The number of hydrogen-bond acceptors (Lipinski definition) is 5. The summed E-state index contributed by atoms with van der Waals surface area (Å²) >= 11 is 0.617. The molecule has 0 unspecified atom stereocenters. The van der Waals surface area contributed by atoms with Gasteiger partial charge in [-0.3, -0.25) is 9.59 Å². The molecule has 0 radical (unpaired) electrons. The highest BCUT2D eigenvalue weighted by Crippen LogP contribution is 2.28. The maximum absolute atomic E-state index is 11.4. The summed E-state index contributed by atoms with van der Waals surface area (Å²) in [6.45, 7) is 0. The lowest BCUT2D eigenvalue weighted by Crippen LogP contribution is -2.10. The molecule has 88 valence electrons. The van der Waals surface area contributed by atoms with Gasteiger partial charge in [0.25, 0.3) is 5.24 Å². The van der Waals surface area contributed by atoms with E-state index < -0.39 is 0 Å². The normalized spacial score (nSPS) is 17.4. The van der Waals surface area contributed by atoms with Crippen LogP contribution >= 0.6 is 11.8 Å². The van der Waals surface area contributed by atoms with Crippen LogP contribution in [0.1, 0.15) is 5.56 Å². The van der Waals surface area contributed by atoms with Gasteiger partial charge in [0.15, 0.2) is 0 Å². The number of amides is 1. The molecule has 0 atom stereocenters. The van der Waals surface area contributed by atoms with Crippen molar-refractivity contribution in [3.05, 3.63) is 29.5 Å². The fraction of sp³-hybridized carbons (Fsp3) is 0.0909. The van der Waals surface area contributed by atoms with Crippen molar-refractivity contribution in [1.29, 1.82) is 0 Å². The molecule has 1 heterocycles. The van der Waals surface area contributed by atoms with Gasteiger partial charge in [0, 0.05) is 23.4 Å². The summed E-state index contributed by atoms with van der Waals surface area (Å²) in [7, 11) is 1.46. The van der Waals surface area contributed by atoms with E-state index in [1.807, 2.05) is 0 Å². The van der Waals surface area contributed by atoms with Crippen LogP contribution in [0.25, 0.3) is 6.08 Å². The van der Waals surface area contributed by atoms with Crippen LogP contribution in [-0.2, 0) is 4.79 Å². The third-order valence-corrected chi connectivity index (χ3v) is 2.85. The number of phenols is 1. The minimum absolute atomic E-state index is 0.0696. The summed E-state index contributed by atoms with van der Waals surface area (Å²) in [4.78, 5) is 22.4. The maximum atomic E-state index is 11.4. The topological polar surface area (TPSA) is 75.6 Å². The van der Waals surface area contributed by atoms with E-state index in [-0.39, 0.29) is 21.8 Å². The maximum Gasteiger partial charge on any atom is 0.291 e. The molecular formula is C11H9NO4S. The Labute approximate surface area is 101 Å². The van der Waals surface area contributed by atoms with Crippen molar-refractivity contribution in [2.75, 3.05) is 7.11 Å². The fourth-order valence-corrected chi connectivity index (χ4v) is 1.94. The highest BCUT2D eigenvalue weighted by atomic mass is 32.2. The fourth-order valence-electron chi connectivity index (χ4n) is 1.40. The Hall–Kier alpha value is -1.95. The molecule has 6 heteroatoms. The number of carbonyl (C=O) groups is 2. The zero-order valence-corrected chi connectivity index (χ0v) is 9.71. The number of methoxy groups -OCH3 is 1. The second kappa shape index (κ2) is 4.50. The molecule has 0 bridgehead atoms. The van der Waals surface area contributed by atoms with E-state index >= 15 is 0 Å². The molecule has 1 saturated heterocycles. The number of ether oxygens (including phenoxy) is 1. The Morgan fingerprint density at radius 1 is 1.41 bits per heavy atom. The molecular weight excluding hydrogens is 242 g/mol. The first-order chi connectivity index (χ1) is 8.10. The van der Waals surface area contributed by atoms with Gasteiger partial charge in [-0.2, -0.15) is 0 Å². The Morgan fingerprint density at radius 2 is 2.18 bits per heavy atom. The summed E-state index contributed by atoms with van der Waals surface area (Å²) in [6, 6.07) is 4.51. The molecule has 0 spiro atoms. The van der Waals surface area contributed by atoms with Crippen LogP contribution in [0.5, 0.6) is 11.5 Å². The smallest absolute Gasteiger partial charge is 0.291 e. The van der Waals surface area contributed by atoms with Gasteiger partial charge >= 0.3 is 0 Å².